The van der Waals surface area contributed by atoms with Gasteiger partial charge in [-0.05, 0) is 110 Å². The number of hydrogen-bond acceptors (Lipinski definition) is 7. The smallest absolute Gasteiger partial charge is 0.267 e. The predicted octanol–water partition coefficient (Wildman–Crippen LogP) is 15.2. The summed E-state index contributed by atoms with van der Waals surface area (Å²) in [6, 6.07) is 74.6. The number of ketones is 1. The molecule has 0 radical (unpaired) electrons. The van der Waals surface area contributed by atoms with Gasteiger partial charge in [-0.2, -0.15) is 0 Å². The van der Waals surface area contributed by atoms with Gasteiger partial charge in [0.15, 0.2) is 23.3 Å². The molecular weight excluding hydrogens is 857 g/mol. The highest BCUT2D eigenvalue weighted by Gasteiger charge is 2.27. The van der Waals surface area contributed by atoms with Gasteiger partial charge >= 0.3 is 0 Å². The van der Waals surface area contributed by atoms with Crippen LogP contribution in [0, 0.1) is 0 Å². The maximum Gasteiger partial charge on any atom is 0.267 e. The topological polar surface area (TPSA) is 94.4 Å². The monoisotopic (exact) mass is 892 g/mol. The number of carbonyl (C=O) groups excluding carboxylic acids is 1. The summed E-state index contributed by atoms with van der Waals surface area (Å²) in [4.78, 5) is 47.6. The summed E-state index contributed by atoms with van der Waals surface area (Å²) in [6.07, 6.45) is 0. The zero-order valence-corrected chi connectivity index (χ0v) is 37.4. The Labute approximate surface area is 400 Å². The van der Waals surface area contributed by atoms with Crippen LogP contribution in [0.3, 0.4) is 0 Å². The van der Waals surface area contributed by atoms with Gasteiger partial charge in [-0.1, -0.05) is 194 Å². The third-order valence-corrected chi connectivity index (χ3v) is 13.7. The van der Waals surface area contributed by atoms with E-state index < -0.39 is 5.78 Å². The van der Waals surface area contributed by atoms with Gasteiger partial charge in [0.1, 0.15) is 0 Å². The number of fused-ring (bicyclic) bond motifs is 8. The Bertz CT molecular complexity index is 3750. The quantitative estimate of drug-likeness (QED) is 0.121. The van der Waals surface area contributed by atoms with Crippen LogP contribution in [0.15, 0.2) is 218 Å². The van der Waals surface area contributed by atoms with Crippen molar-refractivity contribution in [3.05, 3.63) is 230 Å². The third-order valence-electron chi connectivity index (χ3n) is 13.7. The first-order valence-corrected chi connectivity index (χ1v) is 23.3. The summed E-state index contributed by atoms with van der Waals surface area (Å²) in [5.41, 5.74) is 3.21. The van der Waals surface area contributed by atoms with E-state index in [-0.39, 0.29) is 11.6 Å². The molecule has 0 saturated heterocycles. The molecule has 0 aliphatic carbocycles. The van der Waals surface area contributed by atoms with E-state index in [1.165, 1.54) is 0 Å². The van der Waals surface area contributed by atoms with E-state index in [1.54, 1.807) is 0 Å². The highest BCUT2D eigenvalue weighted by atomic mass is 16.1. The van der Waals surface area contributed by atoms with E-state index in [0.29, 0.717) is 23.3 Å². The molecule has 324 valence electrons. The van der Waals surface area contributed by atoms with Crippen molar-refractivity contribution < 1.29 is 4.79 Å². The van der Waals surface area contributed by atoms with Crippen molar-refractivity contribution in [3.63, 3.8) is 0 Å². The molecular formula is C63H36N6O. The normalized spacial score (nSPS) is 11.8. The van der Waals surface area contributed by atoms with Crippen molar-refractivity contribution in [3.8, 4) is 45.6 Å². The fourth-order valence-electron chi connectivity index (χ4n) is 10.5. The lowest BCUT2D eigenvalue weighted by Crippen LogP contribution is -2.16. The molecule has 0 aliphatic heterocycles. The number of carbonyl (C=O) groups is 1. The van der Waals surface area contributed by atoms with Crippen molar-refractivity contribution in [1.29, 1.82) is 0 Å². The Hall–Kier alpha value is -9.59. The average Bonchev–Trinajstić information content (AvgIpc) is 3.41. The van der Waals surface area contributed by atoms with E-state index in [1.807, 2.05) is 97.1 Å². The van der Waals surface area contributed by atoms with Gasteiger partial charge in [-0.3, -0.25) is 4.79 Å². The third kappa shape index (κ3) is 6.33. The van der Waals surface area contributed by atoms with Crippen LogP contribution in [0.1, 0.15) is 16.4 Å². The molecule has 2 heterocycles. The molecule has 0 aliphatic rings. The van der Waals surface area contributed by atoms with Crippen molar-refractivity contribution in [2.45, 2.75) is 0 Å². The molecule has 14 rings (SSSR count). The van der Waals surface area contributed by atoms with Crippen LogP contribution in [0.4, 0.5) is 0 Å². The van der Waals surface area contributed by atoms with Crippen molar-refractivity contribution in [2.75, 3.05) is 0 Å². The van der Waals surface area contributed by atoms with Gasteiger partial charge in [0.05, 0.1) is 0 Å². The van der Waals surface area contributed by atoms with Crippen LogP contribution < -0.4 is 0 Å². The summed E-state index contributed by atoms with van der Waals surface area (Å²) in [6.45, 7) is 0. The summed E-state index contributed by atoms with van der Waals surface area (Å²) in [5.74, 6) is 0.755. The van der Waals surface area contributed by atoms with Crippen LogP contribution >= 0.6 is 0 Å². The molecule has 0 saturated carbocycles. The second-order valence-corrected chi connectivity index (χ2v) is 17.7. The van der Waals surface area contributed by atoms with Gasteiger partial charge in [0, 0.05) is 22.3 Å². The largest absolute Gasteiger partial charge is 0.281 e. The number of hydrogen-bond donors (Lipinski definition) is 0. The highest BCUT2D eigenvalue weighted by Crippen LogP contribution is 2.41. The minimum atomic E-state index is -0.557. The van der Waals surface area contributed by atoms with Crippen molar-refractivity contribution in [2.24, 2.45) is 0 Å². The van der Waals surface area contributed by atoms with Crippen LogP contribution in [0.5, 0.6) is 0 Å². The number of benzene rings is 12. The summed E-state index contributed by atoms with van der Waals surface area (Å²) in [7, 11) is 0. The molecule has 0 amide bonds. The zero-order chi connectivity index (χ0) is 46.3. The Kier molecular flexibility index (Phi) is 8.91. The molecule has 70 heavy (non-hydrogen) atoms. The maximum absolute atomic E-state index is 16.0. The number of aromatic nitrogens is 6. The fourth-order valence-corrected chi connectivity index (χ4v) is 10.5. The Morgan fingerprint density at radius 1 is 0.229 bits per heavy atom. The molecule has 0 spiro atoms. The van der Waals surface area contributed by atoms with Gasteiger partial charge in [-0.25, -0.2) is 29.9 Å². The molecule has 7 nitrogen and oxygen atoms in total. The molecule has 0 bridgehead atoms. The minimum Gasteiger partial charge on any atom is -0.281 e. The molecule has 0 fully saturated rings. The number of nitrogens with zero attached hydrogens (tertiary/aromatic N) is 6. The van der Waals surface area contributed by atoms with Gasteiger partial charge in [0.2, 0.25) is 11.6 Å². The van der Waals surface area contributed by atoms with Gasteiger partial charge < -0.3 is 0 Å². The van der Waals surface area contributed by atoms with Crippen LogP contribution in [0.25, 0.3) is 132 Å². The lowest BCUT2D eigenvalue weighted by Gasteiger charge is -2.16. The van der Waals surface area contributed by atoms with Gasteiger partial charge in [-0.15, -0.1) is 0 Å². The standard InChI is InChI=1S/C63H36N6O/c70-57(62-66-58(53-45-25-9-1-17-37(45)33-38-18-2-10-26-46(38)53)64-59(67-62)54-47-27-11-3-19-39(47)34-40-20-4-12-28-48(40)54)63-68-60(55-49-29-13-5-21-41(49)35-42-22-6-14-30-50(42)55)65-61(69-63)56-51-31-15-7-23-43(51)36-44-24-8-16-32-52(44)56/h1-36H. The van der Waals surface area contributed by atoms with E-state index in [9.17, 15) is 0 Å². The average molecular weight is 893 g/mol. The van der Waals surface area contributed by atoms with Crippen molar-refractivity contribution in [1.82, 2.24) is 29.9 Å². The first-order valence-electron chi connectivity index (χ1n) is 23.3. The number of rotatable bonds is 6. The second kappa shape index (κ2) is 15.8. The molecule has 0 atom stereocenters. The first kappa shape index (κ1) is 39.6. The van der Waals surface area contributed by atoms with Crippen molar-refractivity contribution >= 4 is 92.0 Å². The Morgan fingerprint density at radius 3 is 0.586 bits per heavy atom. The van der Waals surface area contributed by atoms with Crippen LogP contribution in [-0.4, -0.2) is 35.7 Å². The van der Waals surface area contributed by atoms with E-state index in [0.717, 1.165) is 108 Å². The van der Waals surface area contributed by atoms with E-state index in [4.69, 9.17) is 29.9 Å². The minimum absolute atomic E-state index is 0.0808. The highest BCUT2D eigenvalue weighted by molar-refractivity contribution is 6.17. The summed E-state index contributed by atoms with van der Waals surface area (Å²) >= 11 is 0. The maximum atomic E-state index is 16.0. The molecule has 12 aromatic carbocycles. The summed E-state index contributed by atoms with van der Waals surface area (Å²) < 4.78 is 0. The van der Waals surface area contributed by atoms with E-state index >= 15 is 4.79 Å². The second-order valence-electron chi connectivity index (χ2n) is 17.7. The fraction of sp³-hybridized carbons (Fsp3) is 0. The summed E-state index contributed by atoms with van der Waals surface area (Å²) in [5, 5.41) is 15.8. The van der Waals surface area contributed by atoms with E-state index in [2.05, 4.69) is 121 Å². The Morgan fingerprint density at radius 2 is 0.400 bits per heavy atom. The lowest BCUT2D eigenvalue weighted by atomic mass is 9.95. The predicted molar refractivity (Wildman–Crippen MR) is 285 cm³/mol. The SMILES string of the molecule is O=C(c1nc(-c2c3ccccc3cc3ccccc23)nc(-c2c3ccccc3cc3ccccc23)n1)c1nc(-c2c3ccccc3cc3ccccc23)nc(-c2c3ccccc3cc3ccccc23)n1. The Balaban J connectivity index is 1.10. The molecule has 0 unspecified atom stereocenters. The first-order chi connectivity index (χ1) is 34.6. The lowest BCUT2D eigenvalue weighted by molar-refractivity contribution is 0.101. The zero-order valence-electron chi connectivity index (χ0n) is 37.4. The molecule has 7 heteroatoms. The van der Waals surface area contributed by atoms with Gasteiger partial charge in [0.25, 0.3) is 5.78 Å². The van der Waals surface area contributed by atoms with Crippen LogP contribution in [0.2, 0.25) is 0 Å². The molecule has 2 aromatic heterocycles. The molecule has 0 N–H and O–H groups in total. The molecule has 14 aromatic rings. The van der Waals surface area contributed by atoms with Crippen LogP contribution in [-0.2, 0) is 0 Å².